The van der Waals surface area contributed by atoms with Crippen LogP contribution in [0.3, 0.4) is 0 Å². The highest BCUT2D eigenvalue weighted by atomic mass is 19.1. The van der Waals surface area contributed by atoms with Crippen LogP contribution in [0.2, 0.25) is 0 Å². The molecule has 0 saturated carbocycles. The number of nitrogens with zero attached hydrogens (tertiary/aromatic N) is 2. The summed E-state index contributed by atoms with van der Waals surface area (Å²) < 4.78 is 13.5. The third-order valence-electron chi connectivity index (χ3n) is 5.69. The van der Waals surface area contributed by atoms with Gasteiger partial charge in [-0.15, -0.1) is 0 Å². The first kappa shape index (κ1) is 22.7. The van der Waals surface area contributed by atoms with Gasteiger partial charge in [0.2, 0.25) is 0 Å². The van der Waals surface area contributed by atoms with Gasteiger partial charge in [0, 0.05) is 19.0 Å². The number of benzene rings is 2. The predicted octanol–water partition coefficient (Wildman–Crippen LogP) is 6.32. The lowest BCUT2D eigenvalue weighted by Gasteiger charge is -2.22. The van der Waals surface area contributed by atoms with E-state index in [1.807, 2.05) is 24.1 Å². The number of aryl methyl sites for hydroxylation is 1. The molecular weight excluding hydrogens is 391 g/mol. The summed E-state index contributed by atoms with van der Waals surface area (Å²) in [5.41, 5.74) is 4.02. The number of aliphatic carboxylic acids is 1. The van der Waals surface area contributed by atoms with Crippen LogP contribution in [0.1, 0.15) is 45.1 Å². The van der Waals surface area contributed by atoms with Crippen molar-refractivity contribution in [3.8, 4) is 11.1 Å². The first-order chi connectivity index (χ1) is 14.9. The Bertz CT molecular complexity index is 1030. The number of aromatic nitrogens is 1. The van der Waals surface area contributed by atoms with Crippen molar-refractivity contribution in [1.29, 1.82) is 0 Å². The van der Waals surface area contributed by atoms with Crippen molar-refractivity contribution in [3.63, 3.8) is 0 Å². The summed E-state index contributed by atoms with van der Waals surface area (Å²) >= 11 is 0. The molecule has 0 aliphatic carbocycles. The van der Waals surface area contributed by atoms with Gasteiger partial charge in [-0.05, 0) is 59.9 Å². The minimum atomic E-state index is -0.834. The molecule has 3 rings (SSSR count). The van der Waals surface area contributed by atoms with Crippen molar-refractivity contribution in [3.05, 3.63) is 59.9 Å². The van der Waals surface area contributed by atoms with E-state index in [1.165, 1.54) is 37.0 Å². The van der Waals surface area contributed by atoms with Crippen LogP contribution in [0.5, 0.6) is 0 Å². The molecule has 1 aromatic heterocycles. The summed E-state index contributed by atoms with van der Waals surface area (Å²) in [7, 11) is 1.85. The van der Waals surface area contributed by atoms with Gasteiger partial charge in [0.15, 0.2) is 0 Å². The molecule has 1 heterocycles. The van der Waals surface area contributed by atoms with E-state index in [9.17, 15) is 14.3 Å². The number of hydrogen-bond donors (Lipinski definition) is 1. The number of carboxylic acid groups (broad SMARTS) is 1. The molecule has 5 heteroatoms. The normalized spacial score (nSPS) is 12.1. The second-order valence-corrected chi connectivity index (χ2v) is 8.32. The van der Waals surface area contributed by atoms with Gasteiger partial charge in [-0.25, -0.2) is 9.37 Å². The maximum atomic E-state index is 13.5. The Balaban J connectivity index is 2.02. The lowest BCUT2D eigenvalue weighted by molar-refractivity contribution is -0.140. The van der Waals surface area contributed by atoms with Gasteiger partial charge >= 0.3 is 5.97 Å². The summed E-state index contributed by atoms with van der Waals surface area (Å²) in [4.78, 5) is 17.9. The summed E-state index contributed by atoms with van der Waals surface area (Å²) in [6.45, 7) is 4.25. The van der Waals surface area contributed by atoms with Crippen LogP contribution >= 0.6 is 0 Å². The van der Waals surface area contributed by atoms with Crippen LogP contribution in [-0.4, -0.2) is 29.7 Å². The van der Waals surface area contributed by atoms with Crippen LogP contribution in [0.25, 0.3) is 22.0 Å². The van der Waals surface area contributed by atoms with Gasteiger partial charge in [0.25, 0.3) is 0 Å². The number of fused-ring (bicyclic) bond motifs is 1. The lowest BCUT2D eigenvalue weighted by Crippen LogP contribution is -2.29. The Morgan fingerprint density at radius 2 is 1.84 bits per heavy atom. The molecule has 31 heavy (non-hydrogen) atoms. The van der Waals surface area contributed by atoms with E-state index in [0.717, 1.165) is 34.9 Å². The molecule has 0 bridgehead atoms. The number of carbonyl (C=O) groups is 1. The average molecular weight is 423 g/mol. The number of rotatable bonds is 10. The number of carboxylic acids is 1. The number of anilines is 1. The van der Waals surface area contributed by atoms with E-state index in [0.29, 0.717) is 12.4 Å². The quantitative estimate of drug-likeness (QED) is 0.388. The van der Waals surface area contributed by atoms with E-state index >= 15 is 0 Å². The molecule has 2 aromatic carbocycles. The van der Waals surface area contributed by atoms with E-state index in [4.69, 9.17) is 4.98 Å². The molecule has 0 spiro atoms. The maximum Gasteiger partial charge on any atom is 0.308 e. The van der Waals surface area contributed by atoms with Crippen molar-refractivity contribution in [2.45, 2.75) is 46.0 Å². The third kappa shape index (κ3) is 5.81. The Labute approximate surface area is 183 Å². The molecule has 0 amide bonds. The zero-order valence-corrected chi connectivity index (χ0v) is 18.6. The summed E-state index contributed by atoms with van der Waals surface area (Å²) in [6, 6.07) is 14.8. The SMILES string of the molecule is CCCCCCc1ccc2nc(N(C)CC(C)C(=O)O)cc(-c3ccc(F)cc3)c2c1. The highest BCUT2D eigenvalue weighted by Crippen LogP contribution is 2.32. The minimum absolute atomic E-state index is 0.272. The summed E-state index contributed by atoms with van der Waals surface area (Å²) in [6.07, 6.45) is 5.87. The Hall–Kier alpha value is -2.95. The van der Waals surface area contributed by atoms with Gasteiger partial charge < -0.3 is 10.0 Å². The van der Waals surface area contributed by atoms with E-state index in [2.05, 4.69) is 19.1 Å². The van der Waals surface area contributed by atoms with Crippen LogP contribution < -0.4 is 4.90 Å². The van der Waals surface area contributed by atoms with Gasteiger partial charge in [-0.3, -0.25) is 4.79 Å². The fraction of sp³-hybridized carbons (Fsp3) is 0.385. The first-order valence-electron chi connectivity index (χ1n) is 11.0. The fourth-order valence-corrected chi connectivity index (χ4v) is 3.82. The first-order valence-corrected chi connectivity index (χ1v) is 11.0. The highest BCUT2D eigenvalue weighted by molar-refractivity contribution is 5.96. The van der Waals surface area contributed by atoms with Gasteiger partial charge in [-0.2, -0.15) is 0 Å². The molecule has 3 aromatic rings. The van der Waals surface area contributed by atoms with E-state index in [1.54, 1.807) is 19.1 Å². The van der Waals surface area contributed by atoms with E-state index in [-0.39, 0.29) is 5.82 Å². The molecule has 1 atom stereocenters. The van der Waals surface area contributed by atoms with Crippen molar-refractivity contribution in [2.75, 3.05) is 18.5 Å². The highest BCUT2D eigenvalue weighted by Gasteiger charge is 2.17. The van der Waals surface area contributed by atoms with Gasteiger partial charge in [0.05, 0.1) is 11.4 Å². The van der Waals surface area contributed by atoms with Gasteiger partial charge in [-0.1, -0.05) is 51.3 Å². The number of unbranched alkanes of at least 4 members (excludes halogenated alkanes) is 3. The summed E-state index contributed by atoms with van der Waals surface area (Å²) in [5, 5.41) is 10.3. The number of halogens is 1. The van der Waals surface area contributed by atoms with Crippen molar-refractivity contribution in [1.82, 2.24) is 4.98 Å². The second-order valence-electron chi connectivity index (χ2n) is 8.32. The van der Waals surface area contributed by atoms with Crippen LogP contribution in [0.15, 0.2) is 48.5 Å². The zero-order chi connectivity index (χ0) is 22.4. The van der Waals surface area contributed by atoms with Crippen molar-refractivity contribution in [2.24, 2.45) is 5.92 Å². The Morgan fingerprint density at radius 1 is 1.10 bits per heavy atom. The molecule has 0 radical (unpaired) electrons. The number of hydrogen-bond acceptors (Lipinski definition) is 3. The molecule has 164 valence electrons. The zero-order valence-electron chi connectivity index (χ0n) is 18.6. The second kappa shape index (κ2) is 10.4. The molecule has 1 unspecified atom stereocenters. The molecule has 0 fully saturated rings. The molecular formula is C26H31FN2O2. The minimum Gasteiger partial charge on any atom is -0.481 e. The monoisotopic (exact) mass is 422 g/mol. The maximum absolute atomic E-state index is 13.5. The molecule has 0 aliphatic heterocycles. The molecule has 4 nitrogen and oxygen atoms in total. The number of pyridine rings is 1. The Morgan fingerprint density at radius 3 is 2.52 bits per heavy atom. The van der Waals surface area contributed by atoms with E-state index < -0.39 is 11.9 Å². The topological polar surface area (TPSA) is 53.4 Å². The average Bonchev–Trinajstić information content (AvgIpc) is 2.76. The smallest absolute Gasteiger partial charge is 0.308 e. The third-order valence-corrected chi connectivity index (χ3v) is 5.69. The molecule has 0 aliphatic rings. The molecule has 1 N–H and O–H groups in total. The van der Waals surface area contributed by atoms with Crippen LogP contribution in [0, 0.1) is 11.7 Å². The van der Waals surface area contributed by atoms with Crippen molar-refractivity contribution < 1.29 is 14.3 Å². The fourth-order valence-electron chi connectivity index (χ4n) is 3.82. The lowest BCUT2D eigenvalue weighted by atomic mass is 9.97. The summed E-state index contributed by atoms with van der Waals surface area (Å²) in [5.74, 6) is -0.914. The van der Waals surface area contributed by atoms with Crippen molar-refractivity contribution >= 4 is 22.7 Å². The molecule has 0 saturated heterocycles. The largest absolute Gasteiger partial charge is 0.481 e. The standard InChI is InChI=1S/C26H31FN2O2/c1-4-5-6-7-8-19-9-14-24-23(15-19)22(20-10-12-21(27)13-11-20)16-25(28-24)29(3)17-18(2)26(30)31/h9-16,18H,4-8,17H2,1-3H3,(H,30,31). The van der Waals surface area contributed by atoms with Gasteiger partial charge in [0.1, 0.15) is 11.6 Å². The van der Waals surface area contributed by atoms with Crippen LogP contribution in [0.4, 0.5) is 10.2 Å². The predicted molar refractivity (Wildman–Crippen MR) is 125 cm³/mol. The Kier molecular flexibility index (Phi) is 7.61. The van der Waals surface area contributed by atoms with Crippen LogP contribution in [-0.2, 0) is 11.2 Å².